The fraction of sp³-hybridized carbons (Fsp3) is 0.857. The standard InChI is InChI=1S/C28H50N2O7/c1-2-3-4-5-6-7-8-9-10-11-12-13-14-15-16-17-25(32)29-23(18-19-26(33)34)27(35)30-21-22(31)20-24(30)28(36)37/h22-24,31H,2-21H2,1H3,(H,29,32)(H,33,34)(H,36,37)/t22-,23+,24+/m1/s1. The number of carboxylic acid groups (broad SMARTS) is 2. The minimum Gasteiger partial charge on any atom is -0.481 e. The number of carbonyl (C=O) groups is 4. The van der Waals surface area contributed by atoms with Crippen molar-refractivity contribution in [3.05, 3.63) is 0 Å². The van der Waals surface area contributed by atoms with Gasteiger partial charge in [0.05, 0.1) is 6.10 Å². The molecule has 0 bridgehead atoms. The maximum absolute atomic E-state index is 12.9. The number of hydrogen-bond donors (Lipinski definition) is 4. The van der Waals surface area contributed by atoms with Crippen molar-refractivity contribution in [2.45, 2.75) is 147 Å². The molecule has 2 amide bonds. The number of amides is 2. The van der Waals surface area contributed by atoms with Crippen molar-refractivity contribution in [2.24, 2.45) is 0 Å². The van der Waals surface area contributed by atoms with Gasteiger partial charge in [0.2, 0.25) is 11.8 Å². The van der Waals surface area contributed by atoms with Gasteiger partial charge in [0, 0.05) is 25.8 Å². The third-order valence-electron chi connectivity index (χ3n) is 7.13. The number of likely N-dealkylation sites (tertiary alicyclic amines) is 1. The van der Waals surface area contributed by atoms with Crippen LogP contribution in [0.4, 0.5) is 0 Å². The number of aliphatic hydroxyl groups excluding tert-OH is 1. The predicted molar refractivity (Wildman–Crippen MR) is 142 cm³/mol. The van der Waals surface area contributed by atoms with Crippen molar-refractivity contribution in [1.82, 2.24) is 10.2 Å². The second kappa shape index (κ2) is 19.9. The summed E-state index contributed by atoms with van der Waals surface area (Å²) < 4.78 is 0. The van der Waals surface area contributed by atoms with E-state index in [1.54, 1.807) is 0 Å². The van der Waals surface area contributed by atoms with E-state index in [2.05, 4.69) is 12.2 Å². The second-order valence-corrected chi connectivity index (χ2v) is 10.5. The Labute approximate surface area is 222 Å². The molecule has 0 radical (unpaired) electrons. The second-order valence-electron chi connectivity index (χ2n) is 10.5. The van der Waals surface area contributed by atoms with Gasteiger partial charge in [0.1, 0.15) is 12.1 Å². The number of rotatable bonds is 22. The van der Waals surface area contributed by atoms with Crippen molar-refractivity contribution in [1.29, 1.82) is 0 Å². The SMILES string of the molecule is CCCCCCCCCCCCCCCCCC(=O)N[C@@H](CCC(=O)O)C(=O)N1C[C@H](O)C[C@H]1C(=O)O. The molecule has 0 spiro atoms. The summed E-state index contributed by atoms with van der Waals surface area (Å²) in [5.41, 5.74) is 0. The first-order chi connectivity index (χ1) is 17.8. The summed E-state index contributed by atoms with van der Waals surface area (Å²) in [7, 11) is 0. The summed E-state index contributed by atoms with van der Waals surface area (Å²) in [4.78, 5) is 48.9. The van der Waals surface area contributed by atoms with Gasteiger partial charge < -0.3 is 25.5 Å². The Bertz CT molecular complexity index is 685. The number of aliphatic hydroxyl groups is 1. The highest BCUT2D eigenvalue weighted by molar-refractivity contribution is 5.91. The van der Waals surface area contributed by atoms with Crippen LogP contribution < -0.4 is 5.32 Å². The molecule has 1 aliphatic rings. The molecule has 4 N–H and O–H groups in total. The van der Waals surface area contributed by atoms with Crippen molar-refractivity contribution in [3.63, 3.8) is 0 Å². The van der Waals surface area contributed by atoms with Crippen molar-refractivity contribution in [2.75, 3.05) is 6.54 Å². The lowest BCUT2D eigenvalue weighted by molar-refractivity contribution is -0.149. The maximum atomic E-state index is 12.9. The lowest BCUT2D eigenvalue weighted by Gasteiger charge is -2.27. The smallest absolute Gasteiger partial charge is 0.326 e. The summed E-state index contributed by atoms with van der Waals surface area (Å²) >= 11 is 0. The number of carbonyl (C=O) groups excluding carboxylic acids is 2. The molecule has 1 rings (SSSR count). The molecular formula is C28H50N2O7. The van der Waals surface area contributed by atoms with E-state index in [0.29, 0.717) is 6.42 Å². The average Bonchev–Trinajstić information content (AvgIpc) is 3.25. The molecule has 214 valence electrons. The fourth-order valence-electron chi connectivity index (χ4n) is 4.94. The van der Waals surface area contributed by atoms with Crippen LogP contribution >= 0.6 is 0 Å². The molecule has 0 aliphatic carbocycles. The van der Waals surface area contributed by atoms with Crippen molar-refractivity contribution >= 4 is 23.8 Å². The van der Waals surface area contributed by atoms with Crippen LogP contribution in [0.3, 0.4) is 0 Å². The number of hydrogen-bond acceptors (Lipinski definition) is 5. The number of aliphatic carboxylic acids is 2. The molecular weight excluding hydrogens is 476 g/mol. The third kappa shape index (κ3) is 15.0. The zero-order valence-corrected chi connectivity index (χ0v) is 22.8. The van der Waals surface area contributed by atoms with E-state index in [0.717, 1.165) is 24.2 Å². The first kappa shape index (κ1) is 32.9. The van der Waals surface area contributed by atoms with Gasteiger partial charge in [0.15, 0.2) is 0 Å². The molecule has 0 aromatic heterocycles. The Balaban J connectivity index is 2.22. The van der Waals surface area contributed by atoms with E-state index in [9.17, 15) is 29.4 Å². The molecule has 9 nitrogen and oxygen atoms in total. The topological polar surface area (TPSA) is 144 Å². The van der Waals surface area contributed by atoms with E-state index in [4.69, 9.17) is 5.11 Å². The van der Waals surface area contributed by atoms with Crippen LogP contribution in [0.25, 0.3) is 0 Å². The molecule has 0 aromatic rings. The summed E-state index contributed by atoms with van der Waals surface area (Å²) in [6.45, 7) is 2.10. The minimum atomic E-state index is -1.23. The largest absolute Gasteiger partial charge is 0.481 e. The van der Waals surface area contributed by atoms with Gasteiger partial charge in [-0.2, -0.15) is 0 Å². The number of carboxylic acids is 2. The van der Waals surface area contributed by atoms with Gasteiger partial charge in [-0.05, 0) is 12.8 Å². The van der Waals surface area contributed by atoms with Crippen LogP contribution in [0.15, 0.2) is 0 Å². The lowest BCUT2D eigenvalue weighted by atomic mass is 10.0. The molecule has 0 unspecified atom stereocenters. The lowest BCUT2D eigenvalue weighted by Crippen LogP contribution is -2.52. The van der Waals surface area contributed by atoms with Crippen LogP contribution in [0.5, 0.6) is 0 Å². The first-order valence-corrected chi connectivity index (χ1v) is 14.5. The molecule has 37 heavy (non-hydrogen) atoms. The molecule has 0 saturated carbocycles. The van der Waals surface area contributed by atoms with Crippen LogP contribution in [0.2, 0.25) is 0 Å². The molecule has 0 aromatic carbocycles. The van der Waals surface area contributed by atoms with Gasteiger partial charge in [-0.1, -0.05) is 96.8 Å². The van der Waals surface area contributed by atoms with Crippen molar-refractivity contribution in [3.8, 4) is 0 Å². The van der Waals surface area contributed by atoms with Crippen LogP contribution in [-0.2, 0) is 19.2 Å². The number of nitrogens with zero attached hydrogens (tertiary/aromatic N) is 1. The monoisotopic (exact) mass is 526 g/mol. The Morgan fingerprint density at radius 3 is 1.73 bits per heavy atom. The summed E-state index contributed by atoms with van der Waals surface area (Å²) in [6.07, 6.45) is 17.1. The quantitative estimate of drug-likeness (QED) is 0.150. The Morgan fingerprint density at radius 1 is 0.784 bits per heavy atom. The summed E-state index contributed by atoms with van der Waals surface area (Å²) in [6, 6.07) is -2.30. The normalized spacial score (nSPS) is 18.1. The average molecular weight is 527 g/mol. The summed E-state index contributed by atoms with van der Waals surface area (Å²) in [5.74, 6) is -3.34. The predicted octanol–water partition coefficient (Wildman–Crippen LogP) is 4.64. The number of nitrogens with one attached hydrogen (secondary N) is 1. The van der Waals surface area contributed by atoms with Gasteiger partial charge in [-0.3, -0.25) is 14.4 Å². The van der Waals surface area contributed by atoms with Crippen molar-refractivity contribution < 1.29 is 34.5 Å². The highest BCUT2D eigenvalue weighted by Crippen LogP contribution is 2.20. The van der Waals surface area contributed by atoms with Crippen LogP contribution in [0.1, 0.15) is 129 Å². The Kier molecular flexibility index (Phi) is 17.7. The highest BCUT2D eigenvalue weighted by atomic mass is 16.4. The maximum Gasteiger partial charge on any atom is 0.326 e. The highest BCUT2D eigenvalue weighted by Gasteiger charge is 2.41. The van der Waals surface area contributed by atoms with E-state index in [1.165, 1.54) is 70.6 Å². The fourth-order valence-corrected chi connectivity index (χ4v) is 4.94. The first-order valence-electron chi connectivity index (χ1n) is 14.5. The van der Waals surface area contributed by atoms with E-state index >= 15 is 0 Å². The van der Waals surface area contributed by atoms with E-state index in [-0.39, 0.29) is 38.1 Å². The molecule has 1 saturated heterocycles. The molecule has 3 atom stereocenters. The summed E-state index contributed by atoms with van der Waals surface area (Å²) in [5, 5.41) is 30.8. The minimum absolute atomic E-state index is 0.0835. The molecule has 1 aliphatic heterocycles. The zero-order valence-electron chi connectivity index (χ0n) is 22.8. The Morgan fingerprint density at radius 2 is 1.27 bits per heavy atom. The van der Waals surface area contributed by atoms with Crippen LogP contribution in [0, 0.1) is 0 Å². The number of β-amino-alcohol motifs (C(OH)–C–C–N with tert-alkyl or cyclic N) is 1. The van der Waals surface area contributed by atoms with E-state index in [1.807, 2.05) is 0 Å². The van der Waals surface area contributed by atoms with Crippen LogP contribution in [-0.4, -0.2) is 68.7 Å². The molecule has 1 fully saturated rings. The van der Waals surface area contributed by atoms with Gasteiger partial charge in [-0.25, -0.2) is 4.79 Å². The molecule has 9 heteroatoms. The third-order valence-corrected chi connectivity index (χ3v) is 7.13. The van der Waals surface area contributed by atoms with E-state index < -0.39 is 36.0 Å². The van der Waals surface area contributed by atoms with Gasteiger partial charge >= 0.3 is 11.9 Å². The van der Waals surface area contributed by atoms with Gasteiger partial charge in [0.25, 0.3) is 0 Å². The number of unbranched alkanes of at least 4 members (excludes halogenated alkanes) is 14. The Hall–Kier alpha value is -2.16. The molecule has 1 heterocycles. The van der Waals surface area contributed by atoms with Gasteiger partial charge in [-0.15, -0.1) is 0 Å². The zero-order chi connectivity index (χ0) is 27.5.